The van der Waals surface area contributed by atoms with Crippen molar-refractivity contribution >= 4 is 11.4 Å². The van der Waals surface area contributed by atoms with Crippen LogP contribution in [0.4, 0.5) is 37.7 Å². The Morgan fingerprint density at radius 1 is 0.464 bits per heavy atom. The Bertz CT molecular complexity index is 905. The van der Waals surface area contributed by atoms with E-state index < -0.39 is 23.5 Å². The van der Waals surface area contributed by atoms with Crippen molar-refractivity contribution in [2.75, 3.05) is 11.5 Å². The minimum Gasteiger partial charge on any atom is -0.398 e. The molecule has 0 atom stereocenters. The molecule has 2 nitrogen and oxygen atoms in total. The van der Waals surface area contributed by atoms with Crippen LogP contribution < -0.4 is 11.5 Å². The van der Waals surface area contributed by atoms with Crippen LogP contribution in [0.2, 0.25) is 0 Å². The largest absolute Gasteiger partial charge is 0.416 e. The van der Waals surface area contributed by atoms with Gasteiger partial charge in [0, 0.05) is 22.5 Å². The van der Waals surface area contributed by atoms with Gasteiger partial charge in [-0.2, -0.15) is 26.3 Å². The molecule has 28 heavy (non-hydrogen) atoms. The first-order chi connectivity index (χ1) is 13.0. The third kappa shape index (κ3) is 3.76. The molecule has 0 fully saturated rings. The van der Waals surface area contributed by atoms with E-state index in [1.165, 1.54) is 36.4 Å². The highest BCUT2D eigenvalue weighted by Gasteiger charge is 2.31. The molecule has 0 saturated carbocycles. The Labute approximate surface area is 156 Å². The van der Waals surface area contributed by atoms with Gasteiger partial charge < -0.3 is 11.5 Å². The van der Waals surface area contributed by atoms with E-state index in [4.69, 9.17) is 11.5 Å². The minimum atomic E-state index is -4.49. The van der Waals surface area contributed by atoms with Gasteiger partial charge in [-0.1, -0.05) is 24.3 Å². The molecule has 0 heterocycles. The van der Waals surface area contributed by atoms with Crippen molar-refractivity contribution in [3.05, 3.63) is 71.8 Å². The van der Waals surface area contributed by atoms with Crippen molar-refractivity contribution in [2.24, 2.45) is 0 Å². The maximum absolute atomic E-state index is 12.8. The summed E-state index contributed by atoms with van der Waals surface area (Å²) in [6.45, 7) is 0. The van der Waals surface area contributed by atoms with Crippen molar-refractivity contribution in [3.8, 4) is 22.3 Å². The zero-order chi connectivity index (χ0) is 20.7. The van der Waals surface area contributed by atoms with Crippen LogP contribution in [0.15, 0.2) is 60.7 Å². The van der Waals surface area contributed by atoms with Crippen LogP contribution in [-0.4, -0.2) is 0 Å². The first-order valence-electron chi connectivity index (χ1n) is 8.01. The number of anilines is 2. The average Bonchev–Trinajstić information content (AvgIpc) is 2.62. The first-order valence-corrected chi connectivity index (χ1v) is 8.01. The van der Waals surface area contributed by atoms with Crippen molar-refractivity contribution in [1.29, 1.82) is 0 Å². The molecule has 0 aliphatic heterocycles. The van der Waals surface area contributed by atoms with E-state index in [-0.39, 0.29) is 11.4 Å². The molecule has 3 aromatic rings. The molecule has 4 N–H and O–H groups in total. The van der Waals surface area contributed by atoms with Gasteiger partial charge in [-0.15, -0.1) is 0 Å². The summed E-state index contributed by atoms with van der Waals surface area (Å²) in [6.07, 6.45) is -8.98. The normalized spacial score (nSPS) is 12.2. The Balaban J connectivity index is 2.15. The fraction of sp³-hybridized carbons (Fsp3) is 0.100. The molecule has 0 bridgehead atoms. The lowest BCUT2D eigenvalue weighted by Gasteiger charge is -2.17. The maximum atomic E-state index is 12.8. The predicted molar refractivity (Wildman–Crippen MR) is 96.1 cm³/mol. The number of alkyl halides is 6. The Hall–Kier alpha value is -3.16. The lowest BCUT2D eigenvalue weighted by Crippen LogP contribution is -2.05. The summed E-state index contributed by atoms with van der Waals surface area (Å²) in [6, 6.07) is 11.6. The van der Waals surface area contributed by atoms with Crippen LogP contribution in [0.3, 0.4) is 0 Å². The lowest BCUT2D eigenvalue weighted by molar-refractivity contribution is -0.138. The van der Waals surface area contributed by atoms with E-state index in [1.54, 1.807) is 0 Å². The summed E-state index contributed by atoms with van der Waals surface area (Å²) < 4.78 is 76.8. The Kier molecular flexibility index (Phi) is 4.74. The van der Waals surface area contributed by atoms with Gasteiger partial charge in [0.1, 0.15) is 0 Å². The van der Waals surface area contributed by atoms with Crippen LogP contribution in [0.25, 0.3) is 22.3 Å². The van der Waals surface area contributed by atoms with Crippen molar-refractivity contribution < 1.29 is 26.3 Å². The first kappa shape index (κ1) is 19.6. The van der Waals surface area contributed by atoms with Gasteiger partial charge in [-0.05, 0) is 47.5 Å². The summed E-state index contributed by atoms with van der Waals surface area (Å²) in [4.78, 5) is 0. The molecular formula is C20H14F6N2. The molecular weight excluding hydrogens is 382 g/mol. The van der Waals surface area contributed by atoms with Crippen LogP contribution in [0.1, 0.15) is 11.1 Å². The van der Waals surface area contributed by atoms with Crippen molar-refractivity contribution in [3.63, 3.8) is 0 Å². The molecule has 0 amide bonds. The molecule has 0 spiro atoms. The van der Waals surface area contributed by atoms with E-state index in [1.807, 2.05) is 0 Å². The molecule has 146 valence electrons. The number of benzene rings is 3. The average molecular weight is 396 g/mol. The predicted octanol–water partition coefficient (Wildman–Crippen LogP) is 6.22. The molecule has 0 saturated heterocycles. The highest BCUT2D eigenvalue weighted by Crippen LogP contribution is 2.42. The van der Waals surface area contributed by atoms with E-state index >= 15 is 0 Å². The number of halogens is 6. The number of hydrogen-bond donors (Lipinski definition) is 2. The van der Waals surface area contributed by atoms with E-state index in [2.05, 4.69) is 0 Å². The second kappa shape index (κ2) is 6.78. The van der Waals surface area contributed by atoms with Crippen molar-refractivity contribution in [2.45, 2.75) is 12.4 Å². The summed E-state index contributed by atoms with van der Waals surface area (Å²) >= 11 is 0. The molecule has 0 radical (unpaired) electrons. The number of nitrogen functional groups attached to an aromatic ring is 2. The third-order valence-corrected chi connectivity index (χ3v) is 4.27. The Morgan fingerprint density at radius 3 is 1.00 bits per heavy atom. The van der Waals surface area contributed by atoms with Gasteiger partial charge in [0.25, 0.3) is 0 Å². The summed E-state index contributed by atoms with van der Waals surface area (Å²) in [5.41, 5.74) is 12.3. The molecule has 0 aliphatic carbocycles. The quantitative estimate of drug-likeness (QED) is 0.399. The van der Waals surface area contributed by atoms with Gasteiger partial charge in [-0.25, -0.2) is 0 Å². The molecule has 8 heteroatoms. The fourth-order valence-corrected chi connectivity index (χ4v) is 2.91. The van der Waals surface area contributed by atoms with E-state index in [0.717, 1.165) is 24.3 Å². The van der Waals surface area contributed by atoms with Crippen LogP contribution in [0, 0.1) is 0 Å². The number of nitrogens with two attached hydrogens (primary N) is 2. The van der Waals surface area contributed by atoms with Gasteiger partial charge >= 0.3 is 12.4 Å². The standard InChI is InChI=1S/C20H14F6N2/c21-19(22,23)13-5-1-11(2-6-13)17-15(27)9-10-16(28)18(17)12-3-7-14(8-4-12)20(24,25)26/h1-10H,27-28H2. The lowest BCUT2D eigenvalue weighted by atomic mass is 9.91. The minimum absolute atomic E-state index is 0.240. The van der Waals surface area contributed by atoms with Gasteiger partial charge in [0.2, 0.25) is 0 Å². The molecule has 3 aromatic carbocycles. The zero-order valence-corrected chi connectivity index (χ0v) is 14.2. The van der Waals surface area contributed by atoms with Crippen molar-refractivity contribution in [1.82, 2.24) is 0 Å². The second-order valence-corrected chi connectivity index (χ2v) is 6.14. The second-order valence-electron chi connectivity index (χ2n) is 6.14. The van der Waals surface area contributed by atoms with E-state index in [0.29, 0.717) is 22.3 Å². The van der Waals surface area contributed by atoms with Crippen LogP contribution >= 0.6 is 0 Å². The van der Waals surface area contributed by atoms with E-state index in [9.17, 15) is 26.3 Å². The molecule has 3 rings (SSSR count). The zero-order valence-electron chi connectivity index (χ0n) is 14.2. The smallest absolute Gasteiger partial charge is 0.398 e. The van der Waals surface area contributed by atoms with Gasteiger partial charge in [0.15, 0.2) is 0 Å². The SMILES string of the molecule is Nc1ccc(N)c(-c2ccc(C(F)(F)F)cc2)c1-c1ccc(C(F)(F)F)cc1. The number of rotatable bonds is 2. The summed E-state index contributed by atoms with van der Waals surface area (Å²) in [7, 11) is 0. The van der Waals surface area contributed by atoms with Gasteiger partial charge in [0.05, 0.1) is 11.1 Å². The maximum Gasteiger partial charge on any atom is 0.416 e. The topological polar surface area (TPSA) is 52.0 Å². The van der Waals surface area contributed by atoms with Crippen LogP contribution in [0.5, 0.6) is 0 Å². The summed E-state index contributed by atoms with van der Waals surface area (Å²) in [5, 5.41) is 0. The van der Waals surface area contributed by atoms with Gasteiger partial charge in [-0.3, -0.25) is 0 Å². The summed E-state index contributed by atoms with van der Waals surface area (Å²) in [5.74, 6) is 0. The molecule has 0 unspecified atom stereocenters. The molecule has 0 aliphatic rings. The fourth-order valence-electron chi connectivity index (χ4n) is 2.91. The number of hydrogen-bond acceptors (Lipinski definition) is 2. The molecule has 0 aromatic heterocycles. The highest BCUT2D eigenvalue weighted by atomic mass is 19.4. The van der Waals surface area contributed by atoms with Crippen LogP contribution in [-0.2, 0) is 12.4 Å². The Morgan fingerprint density at radius 2 is 0.750 bits per heavy atom. The highest BCUT2D eigenvalue weighted by molar-refractivity contribution is 5.97. The third-order valence-electron chi connectivity index (χ3n) is 4.27. The monoisotopic (exact) mass is 396 g/mol.